The molecule has 0 aliphatic heterocycles. The molecule has 1 heterocycles. The molecular weight excluding hydrogens is 172 g/mol. The van der Waals surface area contributed by atoms with Gasteiger partial charge in [-0.05, 0) is 22.4 Å². The Morgan fingerprint density at radius 1 is 1.67 bits per heavy atom. The number of amides is 1. The monoisotopic (exact) mass is 184 g/mol. The lowest BCUT2D eigenvalue weighted by molar-refractivity contribution is -0.121. The fraction of sp³-hybridized carbons (Fsp3) is 0.375. The average Bonchev–Trinajstić information content (AvgIpc) is 2.53. The van der Waals surface area contributed by atoms with Crippen LogP contribution in [0.1, 0.15) is 12.0 Å². The predicted molar refractivity (Wildman–Crippen MR) is 49.8 cm³/mol. The van der Waals surface area contributed by atoms with E-state index in [9.17, 15) is 4.79 Å². The van der Waals surface area contributed by atoms with Crippen molar-refractivity contribution < 1.29 is 4.79 Å². The first kappa shape index (κ1) is 9.22. The Balaban J connectivity index is 2.22. The zero-order valence-corrected chi connectivity index (χ0v) is 7.56. The minimum Gasteiger partial charge on any atom is -0.352 e. The summed E-state index contributed by atoms with van der Waals surface area (Å²) in [6.45, 7) is 1.03. The van der Waals surface area contributed by atoms with Gasteiger partial charge in [-0.25, -0.2) is 0 Å². The summed E-state index contributed by atoms with van der Waals surface area (Å²) in [6, 6.07) is 1.99. The lowest BCUT2D eigenvalue weighted by atomic mass is 10.3. The van der Waals surface area contributed by atoms with E-state index >= 15 is 0 Å². The van der Waals surface area contributed by atoms with Crippen LogP contribution in [-0.4, -0.2) is 12.5 Å². The highest BCUT2D eigenvalue weighted by Gasteiger charge is 1.98. The lowest BCUT2D eigenvalue weighted by Gasteiger charge is -2.00. The molecule has 1 rings (SSSR count). The summed E-state index contributed by atoms with van der Waals surface area (Å²) in [4.78, 5) is 11.0. The summed E-state index contributed by atoms with van der Waals surface area (Å²) in [5.41, 5.74) is 6.36. The fourth-order valence-electron chi connectivity index (χ4n) is 0.813. The fourth-order valence-corrected chi connectivity index (χ4v) is 1.48. The molecule has 0 saturated heterocycles. The first-order chi connectivity index (χ1) is 5.83. The van der Waals surface area contributed by atoms with Crippen LogP contribution in [0.4, 0.5) is 0 Å². The molecule has 0 atom stereocenters. The first-order valence-electron chi connectivity index (χ1n) is 3.81. The highest BCUT2D eigenvalue weighted by molar-refractivity contribution is 7.07. The van der Waals surface area contributed by atoms with Crippen molar-refractivity contribution in [2.45, 2.75) is 13.0 Å². The minimum absolute atomic E-state index is 0.0173. The van der Waals surface area contributed by atoms with Crippen molar-refractivity contribution in [3.63, 3.8) is 0 Å². The number of carbonyl (C=O) groups excluding carboxylic acids is 1. The van der Waals surface area contributed by atoms with E-state index in [1.54, 1.807) is 11.3 Å². The van der Waals surface area contributed by atoms with Gasteiger partial charge >= 0.3 is 0 Å². The van der Waals surface area contributed by atoms with E-state index in [-0.39, 0.29) is 5.91 Å². The van der Waals surface area contributed by atoms with E-state index in [1.165, 1.54) is 0 Å². The van der Waals surface area contributed by atoms with Crippen molar-refractivity contribution in [1.82, 2.24) is 5.32 Å². The second kappa shape index (κ2) is 4.90. The Kier molecular flexibility index (Phi) is 3.76. The molecule has 0 fully saturated rings. The first-order valence-corrected chi connectivity index (χ1v) is 4.75. The summed E-state index contributed by atoms with van der Waals surface area (Å²) in [5.74, 6) is 0.0173. The summed E-state index contributed by atoms with van der Waals surface area (Å²) >= 11 is 1.63. The van der Waals surface area contributed by atoms with Gasteiger partial charge in [0, 0.05) is 19.5 Å². The Morgan fingerprint density at radius 3 is 3.08 bits per heavy atom. The van der Waals surface area contributed by atoms with Gasteiger partial charge in [0.2, 0.25) is 5.91 Å². The topological polar surface area (TPSA) is 55.1 Å². The highest BCUT2D eigenvalue weighted by Crippen LogP contribution is 2.04. The van der Waals surface area contributed by atoms with Crippen LogP contribution in [0.25, 0.3) is 0 Å². The summed E-state index contributed by atoms with van der Waals surface area (Å²) in [5, 5.41) is 6.78. The van der Waals surface area contributed by atoms with Crippen LogP contribution in [0.5, 0.6) is 0 Å². The number of hydrogen-bond donors (Lipinski definition) is 2. The SMILES string of the molecule is NCCC(=O)NCc1ccsc1. The standard InChI is InChI=1S/C8H12N2OS/c9-3-1-8(11)10-5-7-2-4-12-6-7/h2,4,6H,1,3,5,9H2,(H,10,11). The maximum atomic E-state index is 11.0. The predicted octanol–water partition coefficient (Wildman–Crippen LogP) is 0.713. The van der Waals surface area contributed by atoms with Crippen LogP contribution < -0.4 is 11.1 Å². The number of nitrogens with two attached hydrogens (primary N) is 1. The van der Waals surface area contributed by atoms with Crippen molar-refractivity contribution in [2.75, 3.05) is 6.54 Å². The molecule has 1 aromatic rings. The van der Waals surface area contributed by atoms with Gasteiger partial charge in [0.1, 0.15) is 0 Å². The molecule has 3 N–H and O–H groups in total. The molecule has 0 aromatic carbocycles. The van der Waals surface area contributed by atoms with Crippen LogP contribution >= 0.6 is 11.3 Å². The smallest absolute Gasteiger partial charge is 0.221 e. The van der Waals surface area contributed by atoms with Crippen molar-refractivity contribution in [1.29, 1.82) is 0 Å². The molecule has 1 aromatic heterocycles. The zero-order valence-electron chi connectivity index (χ0n) is 6.75. The molecule has 4 heteroatoms. The zero-order chi connectivity index (χ0) is 8.81. The normalized spacial score (nSPS) is 9.75. The van der Waals surface area contributed by atoms with Crippen LogP contribution in [0.2, 0.25) is 0 Å². The number of nitrogens with one attached hydrogen (secondary N) is 1. The number of thiophene rings is 1. The minimum atomic E-state index is 0.0173. The molecule has 0 unspecified atom stereocenters. The van der Waals surface area contributed by atoms with E-state index in [0.717, 1.165) is 5.56 Å². The molecule has 0 aliphatic rings. The summed E-state index contributed by atoms with van der Waals surface area (Å²) < 4.78 is 0. The van der Waals surface area contributed by atoms with Crippen molar-refractivity contribution >= 4 is 17.2 Å². The lowest BCUT2D eigenvalue weighted by Crippen LogP contribution is -2.24. The molecule has 12 heavy (non-hydrogen) atoms. The molecule has 0 spiro atoms. The molecule has 0 bridgehead atoms. The number of carbonyl (C=O) groups is 1. The van der Waals surface area contributed by atoms with E-state index in [2.05, 4.69) is 5.32 Å². The third-order valence-corrected chi connectivity index (χ3v) is 2.17. The van der Waals surface area contributed by atoms with Gasteiger partial charge in [0.05, 0.1) is 0 Å². The van der Waals surface area contributed by atoms with Gasteiger partial charge in [-0.1, -0.05) is 0 Å². The third kappa shape index (κ3) is 3.02. The van der Waals surface area contributed by atoms with Crippen molar-refractivity contribution in [3.8, 4) is 0 Å². The molecule has 0 aliphatic carbocycles. The molecule has 66 valence electrons. The van der Waals surface area contributed by atoms with Gasteiger partial charge in [-0.3, -0.25) is 4.79 Å². The Hall–Kier alpha value is -0.870. The van der Waals surface area contributed by atoms with Gasteiger partial charge < -0.3 is 11.1 Å². The molecule has 0 saturated carbocycles. The van der Waals surface area contributed by atoms with Crippen LogP contribution in [0, 0.1) is 0 Å². The van der Waals surface area contributed by atoms with Gasteiger partial charge in [-0.2, -0.15) is 11.3 Å². The Labute approximate surface area is 75.6 Å². The second-order valence-corrected chi connectivity index (χ2v) is 3.23. The molecule has 1 amide bonds. The molecule has 3 nitrogen and oxygen atoms in total. The number of hydrogen-bond acceptors (Lipinski definition) is 3. The second-order valence-electron chi connectivity index (χ2n) is 2.45. The van der Waals surface area contributed by atoms with Crippen LogP contribution in [0.3, 0.4) is 0 Å². The van der Waals surface area contributed by atoms with E-state index in [4.69, 9.17) is 5.73 Å². The van der Waals surface area contributed by atoms with Crippen molar-refractivity contribution in [2.24, 2.45) is 5.73 Å². The largest absolute Gasteiger partial charge is 0.352 e. The van der Waals surface area contributed by atoms with Crippen LogP contribution in [0.15, 0.2) is 16.8 Å². The van der Waals surface area contributed by atoms with Crippen molar-refractivity contribution in [3.05, 3.63) is 22.4 Å². The highest BCUT2D eigenvalue weighted by atomic mass is 32.1. The quantitative estimate of drug-likeness (QED) is 0.724. The third-order valence-electron chi connectivity index (χ3n) is 1.44. The van der Waals surface area contributed by atoms with E-state index < -0.39 is 0 Å². The van der Waals surface area contributed by atoms with E-state index in [0.29, 0.717) is 19.5 Å². The molecule has 0 radical (unpaired) electrons. The Morgan fingerprint density at radius 2 is 2.50 bits per heavy atom. The summed E-state index contributed by atoms with van der Waals surface area (Å²) in [6.07, 6.45) is 0.407. The van der Waals surface area contributed by atoms with Crippen LogP contribution in [-0.2, 0) is 11.3 Å². The van der Waals surface area contributed by atoms with E-state index in [1.807, 2.05) is 16.8 Å². The average molecular weight is 184 g/mol. The Bertz CT molecular complexity index is 233. The molecular formula is C8H12N2OS. The number of rotatable bonds is 4. The van der Waals surface area contributed by atoms with Gasteiger partial charge in [-0.15, -0.1) is 0 Å². The van der Waals surface area contributed by atoms with Gasteiger partial charge in [0.25, 0.3) is 0 Å². The summed E-state index contributed by atoms with van der Waals surface area (Å²) in [7, 11) is 0. The maximum absolute atomic E-state index is 11.0. The maximum Gasteiger partial charge on any atom is 0.221 e. The van der Waals surface area contributed by atoms with Gasteiger partial charge in [0.15, 0.2) is 0 Å².